The van der Waals surface area contributed by atoms with Gasteiger partial charge in [-0.1, -0.05) is 235 Å². The second-order valence-corrected chi connectivity index (χ2v) is 20.1. The van der Waals surface area contributed by atoms with Gasteiger partial charge in [-0.15, -0.1) is 0 Å². The molecule has 1 heterocycles. The Hall–Kier alpha value is -2.11. The molecule has 1 saturated heterocycles. The van der Waals surface area contributed by atoms with Crippen LogP contribution in [0.1, 0.15) is 258 Å². The van der Waals surface area contributed by atoms with Gasteiger partial charge < -0.3 is 40.3 Å². The zero-order valence-electron chi connectivity index (χ0n) is 44.6. The van der Waals surface area contributed by atoms with Crippen molar-refractivity contribution in [3.63, 3.8) is 0 Å². The van der Waals surface area contributed by atoms with E-state index in [-0.39, 0.29) is 12.5 Å². The summed E-state index contributed by atoms with van der Waals surface area (Å²) in [6.07, 6.45) is 60.0. The maximum atomic E-state index is 13.1. The van der Waals surface area contributed by atoms with Crippen molar-refractivity contribution in [3.05, 3.63) is 60.8 Å². The lowest BCUT2D eigenvalue weighted by Gasteiger charge is -2.40. The van der Waals surface area contributed by atoms with Gasteiger partial charge in [-0.05, 0) is 77.0 Å². The molecule has 0 aromatic heterocycles. The second-order valence-electron chi connectivity index (χ2n) is 20.1. The van der Waals surface area contributed by atoms with Crippen LogP contribution in [-0.2, 0) is 14.3 Å². The van der Waals surface area contributed by atoms with E-state index in [1.807, 2.05) is 6.08 Å². The first-order chi connectivity index (χ1) is 33.8. The first kappa shape index (κ1) is 64.9. The number of aliphatic hydroxyl groups excluding tert-OH is 5. The molecule has 0 aliphatic carbocycles. The number of aliphatic hydroxyl groups is 5. The predicted molar refractivity (Wildman–Crippen MR) is 290 cm³/mol. The summed E-state index contributed by atoms with van der Waals surface area (Å²) >= 11 is 0. The van der Waals surface area contributed by atoms with Gasteiger partial charge in [0, 0.05) is 6.42 Å². The average Bonchev–Trinajstić information content (AvgIpc) is 3.35. The molecular formula is C60H109NO8. The molecule has 69 heavy (non-hydrogen) atoms. The quantitative estimate of drug-likeness (QED) is 0.0261. The van der Waals surface area contributed by atoms with Crippen LogP contribution in [0.25, 0.3) is 0 Å². The molecule has 1 amide bonds. The summed E-state index contributed by atoms with van der Waals surface area (Å²) in [6.45, 7) is 3.76. The number of rotatable bonds is 49. The minimum absolute atomic E-state index is 0.193. The number of carbonyl (C=O) groups is 1. The van der Waals surface area contributed by atoms with E-state index < -0.39 is 49.5 Å². The Kier molecular flexibility index (Phi) is 46.5. The van der Waals surface area contributed by atoms with E-state index in [1.54, 1.807) is 6.08 Å². The van der Waals surface area contributed by atoms with Gasteiger partial charge in [-0.25, -0.2) is 0 Å². The van der Waals surface area contributed by atoms with Crippen molar-refractivity contribution in [3.8, 4) is 0 Å². The van der Waals surface area contributed by atoms with Crippen LogP contribution in [0.2, 0.25) is 0 Å². The first-order valence-corrected chi connectivity index (χ1v) is 29.0. The molecular weight excluding hydrogens is 863 g/mol. The Balaban J connectivity index is 2.27. The number of allylic oxidation sites excluding steroid dienone is 9. The smallest absolute Gasteiger partial charge is 0.220 e. The lowest BCUT2D eigenvalue weighted by Crippen LogP contribution is -2.60. The SMILES string of the molecule is CCCCCCC/C=C\C/C=C\CCCCCCCCCCCCCC(=O)NC(COC1OC(CO)C(O)C(O)C1O)C(O)/C=C/CC/C=C/CC/C=C/CCCCCCCCCCCCCCC. The topological polar surface area (TPSA) is 149 Å². The Labute approximate surface area is 424 Å². The number of unbranched alkanes of at least 4 members (excludes halogenated alkanes) is 31. The fraction of sp³-hybridized carbons (Fsp3) is 0.817. The molecule has 402 valence electrons. The molecule has 0 aromatic carbocycles. The highest BCUT2D eigenvalue weighted by Crippen LogP contribution is 2.23. The van der Waals surface area contributed by atoms with Crippen LogP contribution >= 0.6 is 0 Å². The Morgan fingerprint density at radius 1 is 0.493 bits per heavy atom. The van der Waals surface area contributed by atoms with Crippen LogP contribution in [0, 0.1) is 0 Å². The molecule has 0 radical (unpaired) electrons. The fourth-order valence-corrected chi connectivity index (χ4v) is 8.93. The number of amides is 1. The summed E-state index contributed by atoms with van der Waals surface area (Å²) in [7, 11) is 0. The zero-order valence-corrected chi connectivity index (χ0v) is 44.6. The van der Waals surface area contributed by atoms with Crippen LogP contribution in [-0.4, -0.2) is 87.5 Å². The summed E-state index contributed by atoms with van der Waals surface area (Å²) in [5.74, 6) is -0.193. The van der Waals surface area contributed by atoms with E-state index in [4.69, 9.17) is 9.47 Å². The van der Waals surface area contributed by atoms with E-state index in [1.165, 1.54) is 186 Å². The van der Waals surface area contributed by atoms with Crippen molar-refractivity contribution in [2.75, 3.05) is 13.2 Å². The van der Waals surface area contributed by atoms with Crippen LogP contribution in [0.3, 0.4) is 0 Å². The number of ether oxygens (including phenoxy) is 2. The third kappa shape index (κ3) is 39.1. The lowest BCUT2D eigenvalue weighted by molar-refractivity contribution is -0.302. The summed E-state index contributed by atoms with van der Waals surface area (Å²) in [4.78, 5) is 13.1. The Morgan fingerprint density at radius 3 is 1.30 bits per heavy atom. The van der Waals surface area contributed by atoms with Gasteiger partial charge in [0.1, 0.15) is 24.4 Å². The highest BCUT2D eigenvalue weighted by Gasteiger charge is 2.44. The van der Waals surface area contributed by atoms with Gasteiger partial charge in [-0.2, -0.15) is 0 Å². The van der Waals surface area contributed by atoms with Gasteiger partial charge in [0.05, 0.1) is 25.4 Å². The first-order valence-electron chi connectivity index (χ1n) is 29.0. The van der Waals surface area contributed by atoms with Crippen molar-refractivity contribution in [1.29, 1.82) is 0 Å². The molecule has 1 aliphatic rings. The molecule has 0 aromatic rings. The zero-order chi connectivity index (χ0) is 50.1. The van der Waals surface area contributed by atoms with Crippen molar-refractivity contribution in [2.45, 2.75) is 301 Å². The number of nitrogens with one attached hydrogen (secondary N) is 1. The van der Waals surface area contributed by atoms with Gasteiger partial charge >= 0.3 is 0 Å². The van der Waals surface area contributed by atoms with Crippen LogP contribution in [0.4, 0.5) is 0 Å². The summed E-state index contributed by atoms with van der Waals surface area (Å²) in [5.41, 5.74) is 0. The van der Waals surface area contributed by atoms with Crippen LogP contribution in [0.15, 0.2) is 60.8 Å². The van der Waals surface area contributed by atoms with Crippen LogP contribution < -0.4 is 5.32 Å². The van der Waals surface area contributed by atoms with E-state index in [9.17, 15) is 30.3 Å². The maximum absolute atomic E-state index is 13.1. The van der Waals surface area contributed by atoms with Crippen molar-refractivity contribution < 1.29 is 39.8 Å². The standard InChI is InChI=1S/C60H109NO8/c1-3-5-7-9-11-13-15-17-19-21-23-25-27-29-31-33-35-37-39-41-43-45-47-49-54(63)53(52-68-60-59(67)58(66)57(65)55(51-62)69-60)61-56(64)50-48-46-44-42-40-38-36-34-32-30-28-26-24-22-20-18-16-14-12-10-8-6-4-2/h16,18,22,24,31,33,39,41,47,49,53-55,57-60,62-63,65-67H,3-15,17,19-21,23,25-30,32,34-38,40,42-46,48,50-52H2,1-2H3,(H,61,64)/b18-16-,24-22-,33-31+,41-39+,49-47+. The van der Waals surface area contributed by atoms with E-state index in [2.05, 4.69) is 67.8 Å². The lowest BCUT2D eigenvalue weighted by atomic mass is 9.99. The average molecular weight is 973 g/mol. The molecule has 7 unspecified atom stereocenters. The molecule has 0 saturated carbocycles. The molecule has 6 N–H and O–H groups in total. The highest BCUT2D eigenvalue weighted by atomic mass is 16.7. The van der Waals surface area contributed by atoms with Crippen LogP contribution in [0.5, 0.6) is 0 Å². The largest absolute Gasteiger partial charge is 0.394 e. The number of carbonyl (C=O) groups excluding carboxylic acids is 1. The molecule has 0 spiro atoms. The van der Waals surface area contributed by atoms with E-state index in [0.29, 0.717) is 6.42 Å². The van der Waals surface area contributed by atoms with Crippen molar-refractivity contribution >= 4 is 5.91 Å². The van der Waals surface area contributed by atoms with Gasteiger partial charge in [0.2, 0.25) is 5.91 Å². The summed E-state index contributed by atoms with van der Waals surface area (Å²) < 4.78 is 11.3. The fourth-order valence-electron chi connectivity index (χ4n) is 8.93. The molecule has 1 aliphatic heterocycles. The monoisotopic (exact) mass is 972 g/mol. The third-order valence-corrected chi connectivity index (χ3v) is 13.5. The maximum Gasteiger partial charge on any atom is 0.220 e. The van der Waals surface area contributed by atoms with Gasteiger partial charge in [-0.3, -0.25) is 4.79 Å². The molecule has 7 atom stereocenters. The van der Waals surface area contributed by atoms with Gasteiger partial charge in [0.15, 0.2) is 6.29 Å². The minimum Gasteiger partial charge on any atom is -0.394 e. The molecule has 9 heteroatoms. The molecule has 1 fully saturated rings. The predicted octanol–water partition coefficient (Wildman–Crippen LogP) is 14.3. The molecule has 0 bridgehead atoms. The van der Waals surface area contributed by atoms with E-state index >= 15 is 0 Å². The van der Waals surface area contributed by atoms with Crippen molar-refractivity contribution in [2.24, 2.45) is 0 Å². The molecule has 9 nitrogen and oxygen atoms in total. The number of hydrogen-bond acceptors (Lipinski definition) is 8. The minimum atomic E-state index is -1.58. The number of hydrogen-bond donors (Lipinski definition) is 6. The third-order valence-electron chi connectivity index (χ3n) is 13.5. The van der Waals surface area contributed by atoms with Gasteiger partial charge in [0.25, 0.3) is 0 Å². The summed E-state index contributed by atoms with van der Waals surface area (Å²) in [5, 5.41) is 54.5. The highest BCUT2D eigenvalue weighted by molar-refractivity contribution is 5.76. The molecule has 1 rings (SSSR count). The van der Waals surface area contributed by atoms with E-state index in [0.717, 1.165) is 51.4 Å². The summed E-state index contributed by atoms with van der Waals surface area (Å²) in [6, 6.07) is -0.832. The van der Waals surface area contributed by atoms with Crippen molar-refractivity contribution in [1.82, 2.24) is 5.32 Å². The Morgan fingerprint density at radius 2 is 0.870 bits per heavy atom. The normalized spacial score (nSPS) is 19.9. The second kappa shape index (κ2) is 49.5. The Bertz CT molecular complexity index is 1270.